The van der Waals surface area contributed by atoms with Crippen LogP contribution in [0.15, 0.2) is 0 Å². The number of hydrogen-bond acceptors (Lipinski definition) is 3. The second-order valence-corrected chi connectivity index (χ2v) is 6.58. The minimum Gasteiger partial charge on any atom is -0.302 e. The van der Waals surface area contributed by atoms with E-state index in [9.17, 15) is 4.79 Å². The lowest BCUT2D eigenvalue weighted by Gasteiger charge is -2.33. The van der Waals surface area contributed by atoms with E-state index in [0.717, 1.165) is 31.7 Å². The largest absolute Gasteiger partial charge is 0.302 e. The van der Waals surface area contributed by atoms with Gasteiger partial charge in [-0.2, -0.15) is 11.8 Å². The van der Waals surface area contributed by atoms with Crippen LogP contribution >= 0.6 is 11.8 Å². The molecule has 106 valence electrons. The molecule has 0 radical (unpaired) electrons. The zero-order valence-electron chi connectivity index (χ0n) is 12.4. The Morgan fingerprint density at radius 1 is 1.44 bits per heavy atom. The van der Waals surface area contributed by atoms with Crippen LogP contribution in [0.1, 0.15) is 46.0 Å². The molecule has 0 saturated heterocycles. The van der Waals surface area contributed by atoms with Gasteiger partial charge in [-0.15, -0.1) is 0 Å². The second kappa shape index (κ2) is 8.21. The smallest absolute Gasteiger partial charge is 0.137 e. The molecule has 0 N–H and O–H groups in total. The molecule has 3 atom stereocenters. The number of thioether (sulfide) groups is 1. The number of Topliss-reactive ketones (excluding diaryl/α,β-unsaturated/α-hetero) is 1. The summed E-state index contributed by atoms with van der Waals surface area (Å²) in [4.78, 5) is 14.4. The van der Waals surface area contributed by atoms with E-state index in [1.165, 1.54) is 18.6 Å². The van der Waals surface area contributed by atoms with E-state index in [4.69, 9.17) is 0 Å². The Bertz CT molecular complexity index is 257. The normalized spacial score (nSPS) is 26.6. The number of hydrogen-bond donors (Lipinski definition) is 0. The summed E-state index contributed by atoms with van der Waals surface area (Å²) in [5, 5.41) is 0. The molecule has 2 nitrogen and oxygen atoms in total. The first kappa shape index (κ1) is 16.0. The Balaban J connectivity index is 2.50. The SMILES string of the molecule is CCC1CCC(=O)C(CN(C)C(CC)CSC)C1. The Kier molecular flexibility index (Phi) is 7.31. The van der Waals surface area contributed by atoms with E-state index in [1.54, 1.807) is 0 Å². The Hall–Kier alpha value is -0.0200. The van der Waals surface area contributed by atoms with Gasteiger partial charge in [-0.3, -0.25) is 4.79 Å². The van der Waals surface area contributed by atoms with Crippen molar-refractivity contribution in [1.29, 1.82) is 0 Å². The third-order valence-corrected chi connectivity index (χ3v) is 5.13. The third-order valence-electron chi connectivity index (χ3n) is 4.41. The van der Waals surface area contributed by atoms with Crippen molar-refractivity contribution in [2.45, 2.75) is 52.0 Å². The molecule has 1 aliphatic rings. The van der Waals surface area contributed by atoms with Gasteiger partial charge < -0.3 is 4.90 Å². The number of nitrogens with zero attached hydrogens (tertiary/aromatic N) is 1. The summed E-state index contributed by atoms with van der Waals surface area (Å²) in [5.41, 5.74) is 0. The maximum Gasteiger partial charge on any atom is 0.137 e. The quantitative estimate of drug-likeness (QED) is 0.707. The van der Waals surface area contributed by atoms with Crippen LogP contribution in [0.4, 0.5) is 0 Å². The van der Waals surface area contributed by atoms with E-state index >= 15 is 0 Å². The molecule has 0 aliphatic heterocycles. The van der Waals surface area contributed by atoms with E-state index in [2.05, 4.69) is 32.1 Å². The van der Waals surface area contributed by atoms with Crippen molar-refractivity contribution < 1.29 is 4.79 Å². The van der Waals surface area contributed by atoms with Crippen molar-refractivity contribution in [3.63, 3.8) is 0 Å². The zero-order valence-corrected chi connectivity index (χ0v) is 13.3. The van der Waals surface area contributed by atoms with E-state index in [1.807, 2.05) is 11.8 Å². The van der Waals surface area contributed by atoms with Gasteiger partial charge in [0.05, 0.1) is 0 Å². The Labute approximate surface area is 117 Å². The van der Waals surface area contributed by atoms with Crippen molar-refractivity contribution in [3.8, 4) is 0 Å². The summed E-state index contributed by atoms with van der Waals surface area (Å²) < 4.78 is 0. The van der Waals surface area contributed by atoms with Crippen LogP contribution in [-0.4, -0.2) is 42.3 Å². The second-order valence-electron chi connectivity index (χ2n) is 5.67. The molecule has 0 bridgehead atoms. The Morgan fingerprint density at radius 3 is 2.72 bits per heavy atom. The van der Waals surface area contributed by atoms with Gasteiger partial charge >= 0.3 is 0 Å². The highest BCUT2D eigenvalue weighted by atomic mass is 32.2. The molecule has 1 saturated carbocycles. The Morgan fingerprint density at radius 2 is 2.17 bits per heavy atom. The third kappa shape index (κ3) is 4.58. The van der Waals surface area contributed by atoms with Crippen LogP contribution in [0.2, 0.25) is 0 Å². The van der Waals surface area contributed by atoms with E-state index in [0.29, 0.717) is 17.7 Å². The predicted molar refractivity (Wildman–Crippen MR) is 81.2 cm³/mol. The topological polar surface area (TPSA) is 20.3 Å². The average molecular weight is 271 g/mol. The van der Waals surface area contributed by atoms with Gasteiger partial charge in [-0.05, 0) is 38.5 Å². The number of ketones is 1. The van der Waals surface area contributed by atoms with Crippen molar-refractivity contribution in [2.24, 2.45) is 11.8 Å². The highest BCUT2D eigenvalue weighted by Crippen LogP contribution is 2.29. The molecule has 1 aliphatic carbocycles. The highest BCUT2D eigenvalue weighted by molar-refractivity contribution is 7.98. The molecule has 0 heterocycles. The molecular formula is C15H29NOS. The van der Waals surface area contributed by atoms with Crippen molar-refractivity contribution in [3.05, 3.63) is 0 Å². The minimum absolute atomic E-state index is 0.296. The van der Waals surface area contributed by atoms with E-state index in [-0.39, 0.29) is 0 Å². The maximum atomic E-state index is 12.0. The van der Waals surface area contributed by atoms with Crippen LogP contribution in [0.25, 0.3) is 0 Å². The number of carbonyl (C=O) groups is 1. The van der Waals surface area contributed by atoms with Crippen molar-refractivity contribution >= 4 is 17.5 Å². The summed E-state index contributed by atoms with van der Waals surface area (Å²) in [6.07, 6.45) is 7.63. The molecule has 3 unspecified atom stereocenters. The predicted octanol–water partition coefficient (Wildman–Crippen LogP) is 3.46. The lowest BCUT2D eigenvalue weighted by Crippen LogP contribution is -2.40. The zero-order chi connectivity index (χ0) is 13.5. The summed E-state index contributed by atoms with van der Waals surface area (Å²) in [6.45, 7) is 5.47. The van der Waals surface area contributed by atoms with Crippen LogP contribution in [0, 0.1) is 11.8 Å². The molecule has 18 heavy (non-hydrogen) atoms. The molecule has 0 amide bonds. The van der Waals surface area contributed by atoms with Crippen LogP contribution < -0.4 is 0 Å². The number of rotatable bonds is 7. The number of carbonyl (C=O) groups excluding carboxylic acids is 1. The first-order valence-electron chi connectivity index (χ1n) is 7.34. The van der Waals surface area contributed by atoms with E-state index < -0.39 is 0 Å². The van der Waals surface area contributed by atoms with Crippen molar-refractivity contribution in [2.75, 3.05) is 25.6 Å². The van der Waals surface area contributed by atoms with Gasteiger partial charge in [-0.25, -0.2) is 0 Å². The summed E-state index contributed by atoms with van der Waals surface area (Å²) in [5.74, 6) is 2.75. The summed E-state index contributed by atoms with van der Waals surface area (Å²) in [6, 6.07) is 0.620. The maximum absolute atomic E-state index is 12.0. The highest BCUT2D eigenvalue weighted by Gasteiger charge is 2.29. The fraction of sp³-hybridized carbons (Fsp3) is 0.933. The van der Waals surface area contributed by atoms with Gasteiger partial charge in [0, 0.05) is 30.7 Å². The molecule has 0 spiro atoms. The van der Waals surface area contributed by atoms with Gasteiger partial charge in [0.1, 0.15) is 5.78 Å². The van der Waals surface area contributed by atoms with Gasteiger partial charge in [0.15, 0.2) is 0 Å². The van der Waals surface area contributed by atoms with Gasteiger partial charge in [0.2, 0.25) is 0 Å². The lowest BCUT2D eigenvalue weighted by molar-refractivity contribution is -0.126. The molecular weight excluding hydrogens is 242 g/mol. The first-order valence-corrected chi connectivity index (χ1v) is 8.73. The molecule has 0 aromatic carbocycles. The minimum atomic E-state index is 0.296. The first-order chi connectivity index (χ1) is 8.62. The van der Waals surface area contributed by atoms with Crippen LogP contribution in [0.3, 0.4) is 0 Å². The van der Waals surface area contributed by atoms with Crippen molar-refractivity contribution in [1.82, 2.24) is 4.90 Å². The average Bonchev–Trinajstić information content (AvgIpc) is 2.38. The fourth-order valence-corrected chi connectivity index (χ4v) is 3.87. The molecule has 1 rings (SSSR count). The molecule has 1 fully saturated rings. The van der Waals surface area contributed by atoms with Gasteiger partial charge in [0.25, 0.3) is 0 Å². The molecule has 0 aromatic heterocycles. The standard InChI is InChI=1S/C15H29NOS/c1-5-12-7-8-15(17)13(9-12)10-16(3)14(6-2)11-18-4/h12-14H,5-11H2,1-4H3. The van der Waals surface area contributed by atoms with Crippen LogP contribution in [0.5, 0.6) is 0 Å². The van der Waals surface area contributed by atoms with Crippen LogP contribution in [-0.2, 0) is 4.79 Å². The summed E-state index contributed by atoms with van der Waals surface area (Å²) >= 11 is 1.90. The lowest BCUT2D eigenvalue weighted by atomic mass is 9.79. The van der Waals surface area contributed by atoms with Gasteiger partial charge in [-0.1, -0.05) is 20.3 Å². The summed E-state index contributed by atoms with van der Waals surface area (Å²) in [7, 11) is 2.19. The monoisotopic (exact) mass is 271 g/mol. The molecule has 0 aromatic rings. The molecule has 3 heteroatoms. The fourth-order valence-electron chi connectivity index (χ4n) is 3.00.